The van der Waals surface area contributed by atoms with Crippen LogP contribution in [0.5, 0.6) is 0 Å². The highest BCUT2D eigenvalue weighted by atomic mass is 32.1. The third-order valence-corrected chi connectivity index (χ3v) is 2.49. The van der Waals surface area contributed by atoms with Crippen molar-refractivity contribution in [1.29, 1.82) is 0 Å². The predicted octanol–water partition coefficient (Wildman–Crippen LogP) is 0.850. The number of hydrogen-bond acceptors (Lipinski definition) is 5. The number of nitrogens with zero attached hydrogens (tertiary/aromatic N) is 2. The highest BCUT2D eigenvalue weighted by Gasteiger charge is 2.13. The first-order valence-electron chi connectivity index (χ1n) is 4.41. The highest BCUT2D eigenvalue weighted by molar-refractivity contribution is 7.13. The van der Waals surface area contributed by atoms with Gasteiger partial charge in [-0.15, -0.1) is 10.2 Å². The largest absolute Gasteiger partial charge is 0.327 e. The minimum atomic E-state index is -0.108. The maximum absolute atomic E-state index is 11.4. The lowest BCUT2D eigenvalue weighted by molar-refractivity contribution is -0.116. The molecule has 6 heteroatoms. The van der Waals surface area contributed by atoms with Crippen LogP contribution in [-0.4, -0.2) is 22.1 Å². The van der Waals surface area contributed by atoms with E-state index >= 15 is 0 Å². The van der Waals surface area contributed by atoms with Gasteiger partial charge in [0, 0.05) is 12.5 Å². The van der Waals surface area contributed by atoms with Crippen LogP contribution in [0.3, 0.4) is 0 Å². The maximum atomic E-state index is 11.4. The van der Waals surface area contributed by atoms with Crippen LogP contribution in [0.15, 0.2) is 5.51 Å². The fourth-order valence-electron chi connectivity index (χ4n) is 0.848. The van der Waals surface area contributed by atoms with E-state index in [9.17, 15) is 4.79 Å². The van der Waals surface area contributed by atoms with Gasteiger partial charge in [0.2, 0.25) is 11.0 Å². The molecule has 0 aliphatic carbocycles. The molecule has 0 saturated heterocycles. The quantitative estimate of drug-likeness (QED) is 0.778. The number of amides is 1. The molecule has 0 aliphatic heterocycles. The summed E-state index contributed by atoms with van der Waals surface area (Å²) in [6, 6.07) is -0.108. The van der Waals surface area contributed by atoms with E-state index in [0.29, 0.717) is 17.5 Å². The van der Waals surface area contributed by atoms with E-state index in [1.165, 1.54) is 11.3 Å². The summed E-state index contributed by atoms with van der Waals surface area (Å²) < 4.78 is 0. The molecule has 0 saturated carbocycles. The SMILES string of the molecule is CC(C)C(N)CC(=O)Nc1nncs1. The number of carbonyl (C=O) groups excluding carboxylic acids is 1. The van der Waals surface area contributed by atoms with Crippen LogP contribution in [0, 0.1) is 5.92 Å². The molecule has 3 N–H and O–H groups in total. The van der Waals surface area contributed by atoms with Gasteiger partial charge in [0.05, 0.1) is 0 Å². The minimum absolute atomic E-state index is 0.108. The second-order valence-corrected chi connectivity index (χ2v) is 4.24. The molecule has 78 valence electrons. The van der Waals surface area contributed by atoms with Crippen LogP contribution in [-0.2, 0) is 4.79 Å². The number of anilines is 1. The van der Waals surface area contributed by atoms with E-state index in [-0.39, 0.29) is 11.9 Å². The van der Waals surface area contributed by atoms with Crippen molar-refractivity contribution in [3.8, 4) is 0 Å². The molecule has 1 unspecified atom stereocenters. The molecule has 1 aromatic rings. The van der Waals surface area contributed by atoms with Crippen molar-refractivity contribution in [2.45, 2.75) is 26.3 Å². The summed E-state index contributed by atoms with van der Waals surface area (Å²) in [6.07, 6.45) is 0.317. The Bertz CT molecular complexity index is 286. The predicted molar refractivity (Wildman–Crippen MR) is 56.0 cm³/mol. The topological polar surface area (TPSA) is 80.9 Å². The monoisotopic (exact) mass is 214 g/mol. The lowest BCUT2D eigenvalue weighted by Crippen LogP contribution is -2.31. The Kier molecular flexibility index (Phi) is 3.97. The van der Waals surface area contributed by atoms with Gasteiger partial charge >= 0.3 is 0 Å². The van der Waals surface area contributed by atoms with Gasteiger partial charge in [-0.25, -0.2) is 0 Å². The Morgan fingerprint density at radius 2 is 2.43 bits per heavy atom. The molecule has 0 spiro atoms. The maximum Gasteiger partial charge on any atom is 0.227 e. The first kappa shape index (κ1) is 11.1. The van der Waals surface area contributed by atoms with E-state index in [0.717, 1.165) is 0 Å². The van der Waals surface area contributed by atoms with Crippen molar-refractivity contribution in [3.63, 3.8) is 0 Å². The number of hydrogen-bond donors (Lipinski definition) is 2. The average molecular weight is 214 g/mol. The molecule has 1 rings (SSSR count). The first-order chi connectivity index (χ1) is 6.59. The molecule has 0 radical (unpaired) electrons. The van der Waals surface area contributed by atoms with Crippen molar-refractivity contribution >= 4 is 22.4 Å². The normalized spacial score (nSPS) is 12.9. The van der Waals surface area contributed by atoms with Crippen molar-refractivity contribution in [2.75, 3.05) is 5.32 Å². The molecule has 0 fully saturated rings. The Morgan fingerprint density at radius 3 is 2.93 bits per heavy atom. The van der Waals surface area contributed by atoms with Gasteiger partial charge in [0.25, 0.3) is 0 Å². The summed E-state index contributed by atoms with van der Waals surface area (Å²) >= 11 is 1.29. The second-order valence-electron chi connectivity index (χ2n) is 3.40. The van der Waals surface area contributed by atoms with E-state index in [4.69, 9.17) is 5.73 Å². The van der Waals surface area contributed by atoms with Crippen LogP contribution in [0.1, 0.15) is 20.3 Å². The summed E-state index contributed by atoms with van der Waals surface area (Å²) in [5.74, 6) is 0.193. The summed E-state index contributed by atoms with van der Waals surface area (Å²) in [6.45, 7) is 3.98. The van der Waals surface area contributed by atoms with Crippen LogP contribution < -0.4 is 11.1 Å². The third-order valence-electron chi connectivity index (χ3n) is 1.88. The van der Waals surface area contributed by atoms with Gasteiger partial charge < -0.3 is 11.1 Å². The van der Waals surface area contributed by atoms with Crippen LogP contribution in [0.2, 0.25) is 0 Å². The Balaban J connectivity index is 2.36. The van der Waals surface area contributed by atoms with Crippen LogP contribution in [0.4, 0.5) is 5.13 Å². The van der Waals surface area contributed by atoms with E-state index < -0.39 is 0 Å². The molecular weight excluding hydrogens is 200 g/mol. The van der Waals surface area contributed by atoms with Crippen molar-refractivity contribution in [2.24, 2.45) is 11.7 Å². The fourth-order valence-corrected chi connectivity index (χ4v) is 1.31. The standard InChI is InChI=1S/C8H14N4OS/c1-5(2)6(9)3-7(13)11-8-12-10-4-14-8/h4-6H,3,9H2,1-2H3,(H,11,12,13). The highest BCUT2D eigenvalue weighted by Crippen LogP contribution is 2.10. The van der Waals surface area contributed by atoms with E-state index in [1.807, 2.05) is 13.8 Å². The average Bonchev–Trinajstić information content (AvgIpc) is 2.56. The Labute approximate surface area is 86.7 Å². The summed E-state index contributed by atoms with van der Waals surface area (Å²) in [7, 11) is 0. The number of carbonyl (C=O) groups is 1. The van der Waals surface area contributed by atoms with Gasteiger partial charge in [-0.2, -0.15) is 0 Å². The third kappa shape index (κ3) is 3.39. The molecule has 1 aromatic heterocycles. The zero-order valence-electron chi connectivity index (χ0n) is 8.23. The molecule has 14 heavy (non-hydrogen) atoms. The molecular formula is C8H14N4OS. The number of rotatable bonds is 4. The zero-order chi connectivity index (χ0) is 10.6. The van der Waals surface area contributed by atoms with Gasteiger partial charge in [0.1, 0.15) is 5.51 Å². The fraction of sp³-hybridized carbons (Fsp3) is 0.625. The number of nitrogens with one attached hydrogen (secondary N) is 1. The van der Waals surface area contributed by atoms with Gasteiger partial charge in [-0.1, -0.05) is 25.2 Å². The van der Waals surface area contributed by atoms with E-state index in [1.54, 1.807) is 5.51 Å². The van der Waals surface area contributed by atoms with Gasteiger partial charge in [-0.05, 0) is 5.92 Å². The molecule has 1 heterocycles. The van der Waals surface area contributed by atoms with Gasteiger partial charge in [-0.3, -0.25) is 4.79 Å². The van der Waals surface area contributed by atoms with Crippen LogP contribution in [0.25, 0.3) is 0 Å². The molecule has 5 nitrogen and oxygen atoms in total. The number of nitrogens with two attached hydrogens (primary N) is 1. The number of aromatic nitrogens is 2. The summed E-state index contributed by atoms with van der Waals surface area (Å²) in [5.41, 5.74) is 7.32. The zero-order valence-corrected chi connectivity index (χ0v) is 9.04. The minimum Gasteiger partial charge on any atom is -0.327 e. The summed E-state index contributed by atoms with van der Waals surface area (Å²) in [4.78, 5) is 11.4. The molecule has 0 bridgehead atoms. The molecule has 1 amide bonds. The van der Waals surface area contributed by atoms with Crippen molar-refractivity contribution in [1.82, 2.24) is 10.2 Å². The first-order valence-corrected chi connectivity index (χ1v) is 5.29. The lowest BCUT2D eigenvalue weighted by Gasteiger charge is -2.13. The summed E-state index contributed by atoms with van der Waals surface area (Å²) in [5, 5.41) is 10.5. The lowest BCUT2D eigenvalue weighted by atomic mass is 10.0. The van der Waals surface area contributed by atoms with E-state index in [2.05, 4.69) is 15.5 Å². The molecule has 0 aromatic carbocycles. The Hall–Kier alpha value is -1.01. The Morgan fingerprint density at radius 1 is 1.71 bits per heavy atom. The smallest absolute Gasteiger partial charge is 0.227 e. The molecule has 0 aliphatic rings. The van der Waals surface area contributed by atoms with Crippen molar-refractivity contribution in [3.05, 3.63) is 5.51 Å². The molecule has 1 atom stereocenters. The van der Waals surface area contributed by atoms with Crippen molar-refractivity contribution < 1.29 is 4.79 Å². The van der Waals surface area contributed by atoms with Crippen LogP contribution >= 0.6 is 11.3 Å². The van der Waals surface area contributed by atoms with Gasteiger partial charge in [0.15, 0.2) is 0 Å². The second kappa shape index (κ2) is 5.02.